The van der Waals surface area contributed by atoms with Crippen molar-refractivity contribution >= 4 is 40.9 Å². The second-order valence-electron chi connectivity index (χ2n) is 19.0. The lowest BCUT2D eigenvalue weighted by molar-refractivity contribution is 0.821. The Labute approximate surface area is 413 Å². The summed E-state index contributed by atoms with van der Waals surface area (Å²) in [6, 6.07) is 44.0. The summed E-state index contributed by atoms with van der Waals surface area (Å²) in [6.45, 7) is 24.3. The molecule has 0 N–H and O–H groups in total. The molecule has 8 rings (SSSR count). The summed E-state index contributed by atoms with van der Waals surface area (Å²) in [5, 5.41) is 0. The van der Waals surface area contributed by atoms with Crippen LogP contribution in [0.3, 0.4) is 0 Å². The van der Waals surface area contributed by atoms with E-state index in [1.807, 2.05) is 17.8 Å². The smallest absolute Gasteiger partial charge is 0.0842 e. The van der Waals surface area contributed by atoms with Gasteiger partial charge in [-0.2, -0.15) is 0 Å². The minimum Gasteiger partial charge on any atom is -0.263 e. The number of nitrogens with zero attached hydrogens (tertiary/aromatic N) is 1. The van der Waals surface area contributed by atoms with Gasteiger partial charge in [0.05, 0.1) is 5.69 Å². The predicted octanol–water partition coefficient (Wildman–Crippen LogP) is 19.9. The van der Waals surface area contributed by atoms with Crippen molar-refractivity contribution in [2.45, 2.75) is 130 Å². The maximum atomic E-state index is 4.89. The van der Waals surface area contributed by atoms with E-state index in [-0.39, 0.29) is 0 Å². The summed E-state index contributed by atoms with van der Waals surface area (Å²) in [4.78, 5) is 6.06. The zero-order valence-corrected chi connectivity index (χ0v) is 42.8. The molecule has 346 valence electrons. The van der Waals surface area contributed by atoms with Crippen LogP contribution in [0, 0.1) is 0 Å². The van der Waals surface area contributed by atoms with Gasteiger partial charge in [-0.1, -0.05) is 198 Å². The first kappa shape index (κ1) is 48.5. The van der Waals surface area contributed by atoms with Gasteiger partial charge in [0.15, 0.2) is 0 Å². The molecule has 0 heterocycles. The highest BCUT2D eigenvalue weighted by Gasteiger charge is 2.23. The Kier molecular flexibility index (Phi) is 16.0. The van der Waals surface area contributed by atoms with Crippen molar-refractivity contribution in [3.05, 3.63) is 196 Å². The number of fused-ring (bicyclic) bond motifs is 2. The van der Waals surface area contributed by atoms with Gasteiger partial charge in [0.25, 0.3) is 0 Å². The Hall–Kier alpha value is -5.96. The van der Waals surface area contributed by atoms with E-state index in [2.05, 4.69) is 189 Å². The first-order chi connectivity index (χ1) is 33.2. The lowest BCUT2D eigenvalue weighted by atomic mass is 9.86. The molecule has 0 saturated heterocycles. The molecule has 0 aliphatic heterocycles. The Morgan fingerprint density at radius 1 is 0.647 bits per heavy atom. The number of rotatable bonds is 19. The van der Waals surface area contributed by atoms with Crippen LogP contribution in [0.5, 0.6) is 0 Å². The summed E-state index contributed by atoms with van der Waals surface area (Å²) >= 11 is 1.89. The topological polar surface area (TPSA) is 12.4 Å². The lowest BCUT2D eigenvalue weighted by Gasteiger charge is -2.20. The molecule has 0 spiro atoms. The summed E-state index contributed by atoms with van der Waals surface area (Å²) in [6.07, 6.45) is 18.9. The van der Waals surface area contributed by atoms with Crippen LogP contribution in [0.4, 0.5) is 5.69 Å². The van der Waals surface area contributed by atoms with Crippen LogP contribution >= 0.6 is 11.8 Å². The number of hydrogen-bond acceptors (Lipinski definition) is 2. The molecule has 2 aliphatic carbocycles. The summed E-state index contributed by atoms with van der Waals surface area (Å²) < 4.78 is 0. The van der Waals surface area contributed by atoms with Crippen LogP contribution in [-0.2, 0) is 25.0 Å². The Morgan fingerprint density at radius 3 is 1.88 bits per heavy atom. The fourth-order valence-electron chi connectivity index (χ4n) is 10.8. The van der Waals surface area contributed by atoms with Crippen LogP contribution in [-0.4, -0.2) is 6.72 Å². The highest BCUT2D eigenvalue weighted by atomic mass is 32.2. The summed E-state index contributed by atoms with van der Waals surface area (Å²) in [5.74, 6) is 0.837. The standard InChI is InChI=1S/C66H71NS/c1-10-15-23-55(45(8)13-4)62-27-18-25-56(53(62)14-5)47-31-35-49(36-32-47)59-39-40-60(66(65(59)67-9)68-43-46-29-30-52-42-51-22-16-17-24-58(51)64(52)41-46)50-37-33-48(34-38-50)57-26-19-28-63(61(57)21-12-3)54(20-11-2)44(6)7/h13,17-19,24-41H,4,9-12,14-16,20-23,42-43H2,1-3,5-8H3/b55-45+. The molecule has 0 bridgehead atoms. The third kappa shape index (κ3) is 10.1. The molecule has 0 fully saturated rings. The van der Waals surface area contributed by atoms with Crippen LogP contribution in [0.25, 0.3) is 61.2 Å². The Balaban J connectivity index is 1.19. The maximum absolute atomic E-state index is 4.89. The van der Waals surface area contributed by atoms with Crippen LogP contribution in [0.15, 0.2) is 167 Å². The Bertz CT molecular complexity index is 2940. The maximum Gasteiger partial charge on any atom is 0.0842 e. The van der Waals surface area contributed by atoms with Crippen molar-refractivity contribution in [1.29, 1.82) is 0 Å². The number of benzene rings is 6. The van der Waals surface area contributed by atoms with Crippen molar-refractivity contribution in [1.82, 2.24) is 0 Å². The minimum atomic E-state index is 0.837. The van der Waals surface area contributed by atoms with E-state index < -0.39 is 0 Å². The van der Waals surface area contributed by atoms with E-state index in [1.165, 1.54) is 124 Å². The largest absolute Gasteiger partial charge is 0.263 e. The van der Waals surface area contributed by atoms with Gasteiger partial charge in [0.2, 0.25) is 0 Å². The zero-order valence-electron chi connectivity index (χ0n) is 42.0. The molecule has 2 aliphatic rings. The van der Waals surface area contributed by atoms with Gasteiger partial charge in [-0.15, -0.1) is 11.8 Å². The third-order valence-corrected chi connectivity index (χ3v) is 15.5. The molecule has 2 heteroatoms. The van der Waals surface area contributed by atoms with Crippen molar-refractivity contribution in [3.8, 4) is 44.5 Å². The van der Waals surface area contributed by atoms with Crippen LogP contribution in [0.1, 0.15) is 139 Å². The predicted molar refractivity (Wildman–Crippen MR) is 301 cm³/mol. The first-order valence-electron chi connectivity index (χ1n) is 25.4. The second-order valence-corrected chi connectivity index (χ2v) is 20.0. The number of aliphatic imine (C=N–C) groups is 1. The van der Waals surface area contributed by atoms with Crippen molar-refractivity contribution in [2.75, 3.05) is 0 Å². The molecule has 0 aromatic heterocycles. The monoisotopic (exact) mass is 910 g/mol. The molecule has 1 nitrogen and oxygen atoms in total. The molecule has 68 heavy (non-hydrogen) atoms. The van der Waals surface area contributed by atoms with Gasteiger partial charge in [0.1, 0.15) is 0 Å². The van der Waals surface area contributed by atoms with Gasteiger partial charge >= 0.3 is 0 Å². The summed E-state index contributed by atoms with van der Waals surface area (Å²) in [5.41, 5.74) is 29.2. The minimum absolute atomic E-state index is 0.837. The second kappa shape index (κ2) is 22.4. The molecule has 6 aromatic rings. The molecule has 0 amide bonds. The third-order valence-electron chi connectivity index (χ3n) is 14.4. The average molecular weight is 910 g/mol. The van der Waals surface area contributed by atoms with E-state index in [1.54, 1.807) is 5.57 Å². The van der Waals surface area contributed by atoms with E-state index in [0.29, 0.717) is 0 Å². The van der Waals surface area contributed by atoms with Gasteiger partial charge in [-0.25, -0.2) is 0 Å². The number of allylic oxidation sites excluding steroid dienone is 9. The van der Waals surface area contributed by atoms with E-state index in [0.717, 1.165) is 73.9 Å². The van der Waals surface area contributed by atoms with E-state index in [9.17, 15) is 0 Å². The summed E-state index contributed by atoms with van der Waals surface area (Å²) in [7, 11) is 0. The van der Waals surface area contributed by atoms with Crippen molar-refractivity contribution in [2.24, 2.45) is 4.99 Å². The fourth-order valence-corrected chi connectivity index (χ4v) is 11.9. The molecule has 0 radical (unpaired) electrons. The van der Waals surface area contributed by atoms with Crippen molar-refractivity contribution in [3.63, 3.8) is 0 Å². The highest BCUT2D eigenvalue weighted by Crippen LogP contribution is 2.48. The number of hydrogen-bond donors (Lipinski definition) is 0. The highest BCUT2D eigenvalue weighted by molar-refractivity contribution is 7.98. The van der Waals surface area contributed by atoms with Crippen molar-refractivity contribution < 1.29 is 0 Å². The fraction of sp³-hybridized carbons (Fsp3) is 0.288. The molecule has 6 aromatic carbocycles. The Morgan fingerprint density at radius 2 is 1.28 bits per heavy atom. The van der Waals surface area contributed by atoms with Crippen LogP contribution < -0.4 is 0 Å². The van der Waals surface area contributed by atoms with Gasteiger partial charge in [-0.05, 0) is 179 Å². The SMILES string of the molecule is C=C/C(C)=C(\CCCC)c1cccc(-c2ccc(-c3ccc(-c4ccc(-c5cccc(C(CCC)=C(C)C)c5CCC)cc4)c(SCc4ccc5c(c4)C4=C(CCC=C4)C5)c3N=C)cc2)c1CC. The molecule has 0 atom stereocenters. The van der Waals surface area contributed by atoms with Crippen LogP contribution in [0.2, 0.25) is 0 Å². The van der Waals surface area contributed by atoms with E-state index in [4.69, 9.17) is 4.99 Å². The van der Waals surface area contributed by atoms with Gasteiger partial charge < -0.3 is 0 Å². The van der Waals surface area contributed by atoms with Gasteiger partial charge in [0, 0.05) is 16.2 Å². The normalized spacial score (nSPS) is 13.3. The average Bonchev–Trinajstić information content (AvgIpc) is 3.75. The molecular weight excluding hydrogens is 839 g/mol. The van der Waals surface area contributed by atoms with Gasteiger partial charge in [-0.3, -0.25) is 4.99 Å². The number of thioether (sulfide) groups is 1. The zero-order chi connectivity index (χ0) is 47.7. The quantitative estimate of drug-likeness (QED) is 0.0448. The molecular formula is C66H71NS. The molecule has 0 saturated carbocycles. The lowest BCUT2D eigenvalue weighted by Crippen LogP contribution is -1.99. The first-order valence-corrected chi connectivity index (χ1v) is 26.4. The van der Waals surface area contributed by atoms with E-state index >= 15 is 0 Å². The number of unbranched alkanes of at least 4 members (excludes halogenated alkanes) is 1. The molecule has 0 unspecified atom stereocenters.